The standard InChI is InChI=1S/C27H35N7O4S2/c1-2-38-25-18-28-16-23(31-25)24-17-30-27(39-24)26(35)32-21(10-14-34-12-5-6-13-34)22-15-19(9-11-29-22)33-40(36,37)20-7-3-4-8-20/h9,11,15-18,20-21H,2-8,10,12-14H2,1H3,(H,29,33)(H,32,35). The number of hydrogen-bond donors (Lipinski definition) is 2. The van der Waals surface area contributed by atoms with E-state index in [-0.39, 0.29) is 11.2 Å². The Bertz CT molecular complexity index is 1400. The van der Waals surface area contributed by atoms with Gasteiger partial charge in [-0.1, -0.05) is 12.8 Å². The summed E-state index contributed by atoms with van der Waals surface area (Å²) in [6.45, 7) is 5.22. The summed E-state index contributed by atoms with van der Waals surface area (Å²) in [7, 11) is -3.48. The predicted octanol–water partition coefficient (Wildman–Crippen LogP) is 4.04. The fourth-order valence-corrected chi connectivity index (χ4v) is 7.51. The molecule has 13 heteroatoms. The number of carbonyl (C=O) groups excluding carboxylic acids is 1. The van der Waals surface area contributed by atoms with Crippen LogP contribution < -0.4 is 14.8 Å². The van der Waals surface area contributed by atoms with Crippen LogP contribution in [0.25, 0.3) is 10.6 Å². The molecule has 5 rings (SSSR count). The topological polar surface area (TPSA) is 139 Å². The zero-order valence-corrected chi connectivity index (χ0v) is 24.2. The monoisotopic (exact) mass is 585 g/mol. The molecule has 1 amide bonds. The third kappa shape index (κ3) is 7.12. The van der Waals surface area contributed by atoms with Gasteiger partial charge in [0, 0.05) is 18.9 Å². The van der Waals surface area contributed by atoms with Crippen LogP contribution in [-0.2, 0) is 10.0 Å². The summed E-state index contributed by atoms with van der Waals surface area (Å²) >= 11 is 1.22. The highest BCUT2D eigenvalue weighted by Gasteiger charge is 2.29. The smallest absolute Gasteiger partial charge is 0.280 e. The summed E-state index contributed by atoms with van der Waals surface area (Å²) in [5.41, 5.74) is 1.64. The summed E-state index contributed by atoms with van der Waals surface area (Å²) in [5, 5.41) is 3.02. The van der Waals surface area contributed by atoms with E-state index in [2.05, 4.69) is 34.9 Å². The number of sulfonamides is 1. The largest absolute Gasteiger partial charge is 0.477 e. The van der Waals surface area contributed by atoms with E-state index in [9.17, 15) is 13.2 Å². The maximum absolute atomic E-state index is 13.3. The highest BCUT2D eigenvalue weighted by Crippen LogP contribution is 2.29. The Morgan fingerprint density at radius 2 is 1.95 bits per heavy atom. The van der Waals surface area contributed by atoms with Gasteiger partial charge >= 0.3 is 0 Å². The molecule has 1 saturated carbocycles. The van der Waals surface area contributed by atoms with E-state index in [0.717, 1.165) is 32.5 Å². The average molecular weight is 586 g/mol. The Morgan fingerprint density at radius 1 is 1.15 bits per heavy atom. The number of anilines is 1. The fraction of sp³-hybridized carbons (Fsp3) is 0.519. The summed E-state index contributed by atoms with van der Waals surface area (Å²) < 4.78 is 34.0. The molecule has 1 aliphatic heterocycles. The molecule has 2 N–H and O–H groups in total. The van der Waals surface area contributed by atoms with Crippen molar-refractivity contribution in [2.45, 2.75) is 63.2 Å². The van der Waals surface area contributed by atoms with Crippen molar-refractivity contribution in [3.8, 4) is 16.5 Å². The van der Waals surface area contributed by atoms with Gasteiger partial charge in [-0.15, -0.1) is 11.3 Å². The number of aromatic nitrogens is 4. The quantitative estimate of drug-likeness (QED) is 0.322. The number of amides is 1. The Morgan fingerprint density at radius 3 is 2.73 bits per heavy atom. The number of pyridine rings is 1. The first-order valence-corrected chi connectivity index (χ1v) is 16.2. The van der Waals surface area contributed by atoms with Crippen LogP contribution in [0.5, 0.6) is 5.88 Å². The van der Waals surface area contributed by atoms with E-state index >= 15 is 0 Å². The Hall–Kier alpha value is -3.16. The van der Waals surface area contributed by atoms with E-state index in [1.807, 2.05) is 6.92 Å². The van der Waals surface area contributed by atoms with E-state index in [1.54, 1.807) is 36.9 Å². The first-order valence-electron chi connectivity index (χ1n) is 13.8. The van der Waals surface area contributed by atoms with E-state index in [4.69, 9.17) is 4.74 Å². The number of nitrogens with zero attached hydrogens (tertiary/aromatic N) is 5. The van der Waals surface area contributed by atoms with Crippen molar-refractivity contribution in [1.82, 2.24) is 30.2 Å². The first-order chi connectivity index (χ1) is 19.4. The van der Waals surface area contributed by atoms with E-state index in [0.29, 0.717) is 58.7 Å². The van der Waals surface area contributed by atoms with Crippen molar-refractivity contribution in [2.75, 3.05) is 31.0 Å². The molecule has 1 saturated heterocycles. The van der Waals surface area contributed by atoms with Crippen LogP contribution in [-0.4, -0.2) is 70.7 Å². The third-order valence-corrected chi connectivity index (χ3v) is 10.1. The molecule has 11 nitrogen and oxygen atoms in total. The van der Waals surface area contributed by atoms with Gasteiger partial charge in [-0.25, -0.2) is 18.4 Å². The zero-order chi connectivity index (χ0) is 28.0. The number of thiazole rings is 1. The maximum Gasteiger partial charge on any atom is 0.280 e. The number of carbonyl (C=O) groups is 1. The van der Waals surface area contributed by atoms with Crippen LogP contribution in [0.3, 0.4) is 0 Å². The minimum Gasteiger partial charge on any atom is -0.477 e. The lowest BCUT2D eigenvalue weighted by Crippen LogP contribution is -2.32. The van der Waals surface area contributed by atoms with Crippen molar-refractivity contribution >= 4 is 33.0 Å². The number of hydrogen-bond acceptors (Lipinski definition) is 10. The molecule has 0 spiro atoms. The predicted molar refractivity (Wildman–Crippen MR) is 154 cm³/mol. The van der Waals surface area contributed by atoms with Gasteiger partial charge in [0.25, 0.3) is 5.91 Å². The lowest BCUT2D eigenvalue weighted by molar-refractivity contribution is 0.0930. The van der Waals surface area contributed by atoms with Gasteiger partial charge in [-0.05, 0) is 64.3 Å². The van der Waals surface area contributed by atoms with Crippen molar-refractivity contribution in [3.63, 3.8) is 0 Å². The first kappa shape index (κ1) is 28.4. The van der Waals surface area contributed by atoms with Gasteiger partial charge in [0.2, 0.25) is 15.9 Å². The van der Waals surface area contributed by atoms with Crippen molar-refractivity contribution in [3.05, 3.63) is 47.6 Å². The van der Waals surface area contributed by atoms with Gasteiger partial charge in [0.05, 0.1) is 46.6 Å². The highest BCUT2D eigenvalue weighted by atomic mass is 32.2. The number of ether oxygens (including phenoxy) is 1. The second-order valence-corrected chi connectivity index (χ2v) is 13.1. The van der Waals surface area contributed by atoms with Crippen LogP contribution in [0.4, 0.5) is 5.69 Å². The molecule has 0 radical (unpaired) electrons. The molecule has 40 heavy (non-hydrogen) atoms. The zero-order valence-electron chi connectivity index (χ0n) is 22.6. The van der Waals surface area contributed by atoms with E-state index in [1.165, 1.54) is 24.2 Å². The molecular weight excluding hydrogens is 550 g/mol. The van der Waals surface area contributed by atoms with Gasteiger partial charge in [-0.3, -0.25) is 19.5 Å². The molecule has 0 aromatic carbocycles. The van der Waals surface area contributed by atoms with Crippen molar-refractivity contribution in [2.24, 2.45) is 0 Å². The summed E-state index contributed by atoms with van der Waals surface area (Å²) in [4.78, 5) is 33.9. The fourth-order valence-electron chi connectivity index (χ4n) is 5.16. The van der Waals surface area contributed by atoms with Crippen molar-refractivity contribution < 1.29 is 17.9 Å². The molecule has 2 aliphatic rings. The number of nitrogens with one attached hydrogen (secondary N) is 2. The summed E-state index contributed by atoms with van der Waals surface area (Å²) in [6.07, 6.45) is 12.5. The molecule has 3 aromatic heterocycles. The summed E-state index contributed by atoms with van der Waals surface area (Å²) in [6, 6.07) is 2.96. The Labute approximate surface area is 238 Å². The molecule has 4 heterocycles. The Kier molecular flexibility index (Phi) is 9.22. The van der Waals surface area contributed by atoms with Crippen LogP contribution in [0.2, 0.25) is 0 Å². The second kappa shape index (κ2) is 13.0. The molecular formula is C27H35N7O4S2. The van der Waals surface area contributed by atoms with Gasteiger partial charge in [0.15, 0.2) is 5.01 Å². The average Bonchev–Trinajstić information content (AvgIpc) is 3.75. The molecule has 3 aromatic rings. The van der Waals surface area contributed by atoms with Gasteiger partial charge in [-0.2, -0.15) is 0 Å². The lowest BCUT2D eigenvalue weighted by Gasteiger charge is -2.22. The molecule has 1 atom stereocenters. The minimum atomic E-state index is -3.48. The van der Waals surface area contributed by atoms with E-state index < -0.39 is 16.1 Å². The number of rotatable bonds is 12. The molecule has 214 valence electrons. The van der Waals surface area contributed by atoms with Gasteiger partial charge < -0.3 is 15.0 Å². The normalized spacial score (nSPS) is 17.1. The Balaban J connectivity index is 1.33. The minimum absolute atomic E-state index is 0.294. The van der Waals surface area contributed by atoms with Crippen LogP contribution in [0.1, 0.15) is 73.4 Å². The highest BCUT2D eigenvalue weighted by molar-refractivity contribution is 7.93. The van der Waals surface area contributed by atoms with Gasteiger partial charge in [0.1, 0.15) is 5.69 Å². The third-order valence-electron chi connectivity index (χ3n) is 7.23. The molecule has 2 fully saturated rings. The van der Waals surface area contributed by atoms with Crippen molar-refractivity contribution in [1.29, 1.82) is 0 Å². The SMILES string of the molecule is CCOc1cncc(-c2cnc(C(=O)NC(CCN3CCCC3)c3cc(NS(=O)(=O)C4CCCC4)ccn3)s2)n1. The summed E-state index contributed by atoms with van der Waals surface area (Å²) in [5.74, 6) is 0.0891. The number of likely N-dealkylation sites (tertiary alicyclic amines) is 1. The molecule has 1 unspecified atom stereocenters. The van der Waals surface area contributed by atoms with Crippen LogP contribution in [0.15, 0.2) is 36.9 Å². The van der Waals surface area contributed by atoms with Crippen LogP contribution >= 0.6 is 11.3 Å². The lowest BCUT2D eigenvalue weighted by atomic mass is 10.1. The second-order valence-electron chi connectivity index (χ2n) is 10.1. The molecule has 0 bridgehead atoms. The molecule has 1 aliphatic carbocycles. The maximum atomic E-state index is 13.3. The van der Waals surface area contributed by atoms with Crippen LogP contribution in [0, 0.1) is 0 Å².